The third-order valence-corrected chi connectivity index (χ3v) is 9.30. The van der Waals surface area contributed by atoms with Crippen LogP contribution < -0.4 is 30.7 Å². The number of nitrogens with one attached hydrogen (secondary N) is 3. The van der Waals surface area contributed by atoms with Gasteiger partial charge in [-0.25, -0.2) is 4.79 Å². The molecule has 3 aromatic rings. The Labute approximate surface area is 257 Å². The molecule has 5 aliphatic heterocycles. The number of benzene rings is 2. The molecule has 1 aromatic heterocycles. The van der Waals surface area contributed by atoms with Crippen LogP contribution in [0.25, 0.3) is 11.4 Å². The summed E-state index contributed by atoms with van der Waals surface area (Å²) >= 11 is 0. The van der Waals surface area contributed by atoms with E-state index in [1.807, 2.05) is 36.4 Å². The molecule has 2 amide bonds. The number of ether oxygens (including phenoxy) is 2. The summed E-state index contributed by atoms with van der Waals surface area (Å²) in [6, 6.07) is 15.4. The predicted molar refractivity (Wildman–Crippen MR) is 170 cm³/mol. The molecule has 230 valence electrons. The van der Waals surface area contributed by atoms with Crippen molar-refractivity contribution in [3.05, 3.63) is 48.5 Å². The quantitative estimate of drug-likeness (QED) is 0.391. The van der Waals surface area contributed by atoms with E-state index in [4.69, 9.17) is 24.4 Å². The fourth-order valence-electron chi connectivity index (χ4n) is 7.05. The van der Waals surface area contributed by atoms with Crippen LogP contribution in [0.2, 0.25) is 0 Å². The summed E-state index contributed by atoms with van der Waals surface area (Å²) in [5.41, 5.74) is 3.47. The number of morpholine rings is 1. The van der Waals surface area contributed by atoms with Gasteiger partial charge >= 0.3 is 6.03 Å². The highest BCUT2D eigenvalue weighted by Gasteiger charge is 2.37. The Morgan fingerprint density at radius 1 is 0.750 bits per heavy atom. The smallest absolute Gasteiger partial charge is 0.323 e. The van der Waals surface area contributed by atoms with E-state index in [0.29, 0.717) is 29.3 Å². The fourth-order valence-corrected chi connectivity index (χ4v) is 7.05. The maximum Gasteiger partial charge on any atom is 0.323 e. The standard InChI is InChI=1S/C32H39N9O3/c42-32(35-24-5-7-25(8-6-24)39-13-11-33-12-14-39)34-23-3-1-22(2-4-23)29-36-30(40-16-21-15-28(19-40)43-20-21)38-31(37-29)41-17-26-9-10-27(18-41)44-26/h1-8,21,26-28,33H,9-20H2,(H2,34,35,42). The summed E-state index contributed by atoms with van der Waals surface area (Å²) in [7, 11) is 0. The number of rotatable bonds is 6. The highest BCUT2D eigenvalue weighted by molar-refractivity contribution is 5.99. The van der Waals surface area contributed by atoms with Crippen LogP contribution >= 0.6 is 0 Å². The minimum absolute atomic E-state index is 0.235. The monoisotopic (exact) mass is 597 g/mol. The van der Waals surface area contributed by atoms with E-state index in [0.717, 1.165) is 89.5 Å². The number of carbonyl (C=O) groups excluding carboxylic acids is 1. The van der Waals surface area contributed by atoms with Crippen molar-refractivity contribution in [2.45, 2.75) is 37.6 Å². The van der Waals surface area contributed by atoms with Crippen LogP contribution in [0.1, 0.15) is 19.3 Å². The Kier molecular flexibility index (Phi) is 7.40. The molecule has 44 heavy (non-hydrogen) atoms. The lowest BCUT2D eigenvalue weighted by molar-refractivity contribution is 0.0299. The van der Waals surface area contributed by atoms with E-state index in [9.17, 15) is 4.79 Å². The lowest BCUT2D eigenvalue weighted by atomic mass is 10.0. The molecule has 0 saturated carbocycles. The van der Waals surface area contributed by atoms with Crippen LogP contribution in [-0.2, 0) is 9.47 Å². The zero-order chi connectivity index (χ0) is 29.5. The Balaban J connectivity index is 0.973. The molecule has 5 fully saturated rings. The number of carbonyl (C=O) groups is 1. The van der Waals surface area contributed by atoms with Crippen LogP contribution in [0.3, 0.4) is 0 Å². The van der Waals surface area contributed by atoms with Gasteiger partial charge in [0.1, 0.15) is 0 Å². The summed E-state index contributed by atoms with van der Waals surface area (Å²) in [6.45, 7) is 8.03. The van der Waals surface area contributed by atoms with Crippen LogP contribution in [0.5, 0.6) is 0 Å². The largest absolute Gasteiger partial charge is 0.376 e. The number of anilines is 5. The second kappa shape index (κ2) is 11.8. The average Bonchev–Trinajstić information content (AvgIpc) is 3.59. The molecule has 4 bridgehead atoms. The Morgan fingerprint density at radius 3 is 2.02 bits per heavy atom. The van der Waals surface area contributed by atoms with Crippen LogP contribution in [0.15, 0.2) is 48.5 Å². The van der Waals surface area contributed by atoms with Gasteiger partial charge in [0.2, 0.25) is 11.9 Å². The summed E-state index contributed by atoms with van der Waals surface area (Å²) in [4.78, 5) is 34.5. The number of fused-ring (bicyclic) bond motifs is 4. The van der Waals surface area contributed by atoms with Gasteiger partial charge in [-0.3, -0.25) is 0 Å². The molecule has 12 heteroatoms. The molecule has 2 aromatic carbocycles. The predicted octanol–water partition coefficient (Wildman–Crippen LogP) is 3.18. The summed E-state index contributed by atoms with van der Waals surface area (Å²) in [5.74, 6) is 2.55. The zero-order valence-corrected chi connectivity index (χ0v) is 24.8. The first kappa shape index (κ1) is 27.5. The molecule has 4 atom stereocenters. The van der Waals surface area contributed by atoms with Gasteiger partial charge < -0.3 is 40.1 Å². The van der Waals surface area contributed by atoms with Crippen molar-refractivity contribution in [3.8, 4) is 11.4 Å². The lowest BCUT2D eigenvalue weighted by Gasteiger charge is -2.34. The fraction of sp³-hybridized carbons (Fsp3) is 0.500. The average molecular weight is 598 g/mol. The summed E-state index contributed by atoms with van der Waals surface area (Å²) < 4.78 is 12.0. The number of amides is 2. The molecule has 4 unspecified atom stereocenters. The van der Waals surface area contributed by atoms with Gasteiger partial charge in [-0.1, -0.05) is 0 Å². The van der Waals surface area contributed by atoms with Crippen molar-refractivity contribution >= 4 is 35.0 Å². The molecule has 3 N–H and O–H groups in total. The first-order chi connectivity index (χ1) is 21.6. The molecule has 6 heterocycles. The molecule has 5 saturated heterocycles. The van der Waals surface area contributed by atoms with Gasteiger partial charge in [0.15, 0.2) is 5.82 Å². The number of piperazine rings is 1. The third-order valence-electron chi connectivity index (χ3n) is 9.30. The highest BCUT2D eigenvalue weighted by Crippen LogP contribution is 2.33. The number of hydrogen-bond donors (Lipinski definition) is 3. The highest BCUT2D eigenvalue weighted by atomic mass is 16.5. The first-order valence-electron chi connectivity index (χ1n) is 15.9. The van der Waals surface area contributed by atoms with Gasteiger partial charge in [0.05, 0.1) is 24.9 Å². The molecule has 8 rings (SSSR count). The van der Waals surface area contributed by atoms with Crippen LogP contribution in [0.4, 0.5) is 33.8 Å². The molecule has 0 radical (unpaired) electrons. The Morgan fingerprint density at radius 2 is 1.36 bits per heavy atom. The summed E-state index contributed by atoms with van der Waals surface area (Å²) in [6.07, 6.45) is 3.98. The maximum atomic E-state index is 12.8. The van der Waals surface area contributed by atoms with Gasteiger partial charge in [0, 0.05) is 80.9 Å². The second-order valence-electron chi connectivity index (χ2n) is 12.5. The van der Waals surface area contributed by atoms with Crippen molar-refractivity contribution in [2.75, 3.05) is 84.3 Å². The van der Waals surface area contributed by atoms with Crippen LogP contribution in [-0.4, -0.2) is 98.3 Å². The Bertz CT molecular complexity index is 1410. The van der Waals surface area contributed by atoms with Gasteiger partial charge in [-0.05, 0) is 67.8 Å². The minimum Gasteiger partial charge on any atom is -0.376 e. The van der Waals surface area contributed by atoms with Crippen molar-refractivity contribution in [1.82, 2.24) is 20.3 Å². The molecule has 0 spiro atoms. The molecular weight excluding hydrogens is 558 g/mol. The van der Waals surface area contributed by atoms with Gasteiger partial charge in [-0.2, -0.15) is 15.0 Å². The number of piperidine rings is 1. The Hall–Kier alpha value is -4.00. The first-order valence-corrected chi connectivity index (χ1v) is 15.9. The van der Waals surface area contributed by atoms with E-state index in [2.05, 4.69) is 42.8 Å². The van der Waals surface area contributed by atoms with Crippen molar-refractivity contribution < 1.29 is 14.3 Å². The molecule has 12 nitrogen and oxygen atoms in total. The van der Waals surface area contributed by atoms with Gasteiger partial charge in [0.25, 0.3) is 0 Å². The molecule has 5 aliphatic rings. The van der Waals surface area contributed by atoms with Crippen molar-refractivity contribution in [3.63, 3.8) is 0 Å². The number of aromatic nitrogens is 3. The van der Waals surface area contributed by atoms with E-state index in [-0.39, 0.29) is 24.3 Å². The molecule has 0 aliphatic carbocycles. The number of nitrogens with zero attached hydrogens (tertiary/aromatic N) is 6. The molecular formula is C32H39N9O3. The maximum absolute atomic E-state index is 12.8. The van der Waals surface area contributed by atoms with Crippen molar-refractivity contribution in [1.29, 1.82) is 0 Å². The number of hydrogen-bond acceptors (Lipinski definition) is 10. The topological polar surface area (TPSA) is 120 Å². The van der Waals surface area contributed by atoms with Crippen molar-refractivity contribution in [2.24, 2.45) is 5.92 Å². The van der Waals surface area contributed by atoms with Crippen LogP contribution in [0, 0.1) is 5.92 Å². The SMILES string of the molecule is O=C(Nc1ccc(-c2nc(N3CC4COC(C4)C3)nc(N3CC4CCC(C3)O4)n2)cc1)Nc1ccc(N2CCNCC2)cc1. The second-order valence-corrected chi connectivity index (χ2v) is 12.5. The zero-order valence-electron chi connectivity index (χ0n) is 24.8. The van der Waals surface area contributed by atoms with E-state index in [1.165, 1.54) is 5.69 Å². The lowest BCUT2D eigenvalue weighted by Crippen LogP contribution is -2.44. The minimum atomic E-state index is -0.290. The summed E-state index contributed by atoms with van der Waals surface area (Å²) in [5, 5.41) is 9.24. The third kappa shape index (κ3) is 5.89. The van der Waals surface area contributed by atoms with E-state index < -0.39 is 0 Å². The van der Waals surface area contributed by atoms with Gasteiger partial charge in [-0.15, -0.1) is 0 Å². The normalized spacial score (nSPS) is 26.1. The van der Waals surface area contributed by atoms with E-state index in [1.54, 1.807) is 0 Å². The van der Waals surface area contributed by atoms with E-state index >= 15 is 0 Å². The number of urea groups is 1.